The van der Waals surface area contributed by atoms with E-state index in [1.807, 2.05) is 0 Å². The van der Waals surface area contributed by atoms with E-state index in [0.29, 0.717) is 11.9 Å². The van der Waals surface area contributed by atoms with Gasteiger partial charge in [0.15, 0.2) is 0 Å². The number of aryl methyl sites for hydroxylation is 1. The molecule has 1 aromatic rings. The highest BCUT2D eigenvalue weighted by Crippen LogP contribution is 2.45. The first-order chi connectivity index (χ1) is 9.70. The molecule has 1 spiro atoms. The van der Waals surface area contributed by atoms with E-state index in [1.165, 1.54) is 36.8 Å². The number of amides is 1. The summed E-state index contributed by atoms with van der Waals surface area (Å²) >= 11 is 0. The maximum atomic E-state index is 12.9. The Morgan fingerprint density at radius 3 is 2.65 bits per heavy atom. The van der Waals surface area contributed by atoms with Gasteiger partial charge >= 0.3 is 0 Å². The Bertz CT molecular complexity index is 544. The lowest BCUT2D eigenvalue weighted by molar-refractivity contribution is -0.133. The normalized spacial score (nSPS) is 28.6. The topological polar surface area (TPSA) is 32.3 Å². The molecule has 1 N–H and O–H groups in total. The highest BCUT2D eigenvalue weighted by atomic mass is 16.2. The second-order valence-electron chi connectivity index (χ2n) is 6.69. The van der Waals surface area contributed by atoms with E-state index >= 15 is 0 Å². The molecule has 1 aromatic carbocycles. The maximum Gasteiger partial charge on any atom is 0.244 e. The molecule has 4 rings (SSSR count). The number of benzene rings is 1. The van der Waals surface area contributed by atoms with Crippen molar-refractivity contribution < 1.29 is 4.79 Å². The van der Waals surface area contributed by atoms with E-state index in [1.54, 1.807) is 0 Å². The number of nitrogens with zero attached hydrogens (tertiary/aromatic N) is 1. The van der Waals surface area contributed by atoms with E-state index < -0.39 is 0 Å². The highest BCUT2D eigenvalue weighted by molar-refractivity contribution is 5.90. The SMILES string of the molecule is Cc1cccc(C2NC3(CCCC3)C(=O)N2C2CC2)c1. The predicted octanol–water partition coefficient (Wildman–Crippen LogP) is 2.90. The zero-order chi connectivity index (χ0) is 13.7. The van der Waals surface area contributed by atoms with Gasteiger partial charge in [0.1, 0.15) is 6.17 Å². The molecule has 20 heavy (non-hydrogen) atoms. The third-order valence-electron chi connectivity index (χ3n) is 5.09. The van der Waals surface area contributed by atoms with E-state index in [9.17, 15) is 4.79 Å². The lowest BCUT2D eigenvalue weighted by atomic mass is 9.98. The van der Waals surface area contributed by atoms with Crippen molar-refractivity contribution in [2.75, 3.05) is 0 Å². The molecule has 1 atom stereocenters. The molecule has 2 aliphatic carbocycles. The third-order valence-corrected chi connectivity index (χ3v) is 5.09. The van der Waals surface area contributed by atoms with Crippen LogP contribution in [0.3, 0.4) is 0 Å². The fraction of sp³-hybridized carbons (Fsp3) is 0.588. The minimum atomic E-state index is -0.253. The van der Waals surface area contributed by atoms with Gasteiger partial charge < -0.3 is 4.90 Å². The summed E-state index contributed by atoms with van der Waals surface area (Å²) in [7, 11) is 0. The fourth-order valence-corrected chi connectivity index (χ4v) is 3.91. The van der Waals surface area contributed by atoms with Crippen molar-refractivity contribution >= 4 is 5.91 Å². The molecule has 1 unspecified atom stereocenters. The van der Waals surface area contributed by atoms with Crippen molar-refractivity contribution in [1.82, 2.24) is 10.2 Å². The molecular weight excluding hydrogens is 248 g/mol. The number of carbonyl (C=O) groups is 1. The van der Waals surface area contributed by atoms with E-state index in [2.05, 4.69) is 41.4 Å². The molecule has 0 aromatic heterocycles. The lowest BCUT2D eigenvalue weighted by Crippen LogP contribution is -2.44. The van der Waals surface area contributed by atoms with Crippen molar-refractivity contribution in [1.29, 1.82) is 0 Å². The van der Waals surface area contributed by atoms with Crippen LogP contribution in [0.4, 0.5) is 0 Å². The van der Waals surface area contributed by atoms with E-state index in [0.717, 1.165) is 12.8 Å². The van der Waals surface area contributed by atoms with Gasteiger partial charge in [-0.3, -0.25) is 10.1 Å². The lowest BCUT2D eigenvalue weighted by Gasteiger charge is -2.24. The monoisotopic (exact) mass is 270 g/mol. The Balaban J connectivity index is 1.72. The first-order valence-electron chi connectivity index (χ1n) is 7.87. The Hall–Kier alpha value is -1.35. The van der Waals surface area contributed by atoms with Crippen LogP contribution in [-0.2, 0) is 4.79 Å². The summed E-state index contributed by atoms with van der Waals surface area (Å²) in [5, 5.41) is 3.71. The van der Waals surface area contributed by atoms with Crippen molar-refractivity contribution in [2.24, 2.45) is 0 Å². The van der Waals surface area contributed by atoms with Crippen molar-refractivity contribution in [3.05, 3.63) is 35.4 Å². The van der Waals surface area contributed by atoms with Gasteiger partial charge in [0.25, 0.3) is 0 Å². The first-order valence-corrected chi connectivity index (χ1v) is 7.87. The Morgan fingerprint density at radius 1 is 1.25 bits per heavy atom. The van der Waals surface area contributed by atoms with Gasteiger partial charge in [-0.2, -0.15) is 0 Å². The summed E-state index contributed by atoms with van der Waals surface area (Å²) < 4.78 is 0. The van der Waals surface area contributed by atoms with Gasteiger partial charge in [-0.1, -0.05) is 42.7 Å². The van der Waals surface area contributed by atoms with Crippen LogP contribution < -0.4 is 5.32 Å². The van der Waals surface area contributed by atoms with Gasteiger partial charge in [-0.15, -0.1) is 0 Å². The van der Waals surface area contributed by atoms with Crippen LogP contribution in [-0.4, -0.2) is 22.4 Å². The Morgan fingerprint density at radius 2 is 2.00 bits per heavy atom. The largest absolute Gasteiger partial charge is 0.318 e. The molecule has 0 bridgehead atoms. The highest BCUT2D eigenvalue weighted by Gasteiger charge is 2.55. The quantitative estimate of drug-likeness (QED) is 0.896. The molecular formula is C17H22N2O. The average Bonchev–Trinajstić information content (AvgIpc) is 3.09. The van der Waals surface area contributed by atoms with Crippen molar-refractivity contribution in [3.63, 3.8) is 0 Å². The third kappa shape index (κ3) is 1.80. The van der Waals surface area contributed by atoms with Crippen LogP contribution in [0.25, 0.3) is 0 Å². The molecule has 1 aliphatic heterocycles. The molecule has 2 saturated carbocycles. The van der Waals surface area contributed by atoms with Crippen LogP contribution in [0.1, 0.15) is 55.8 Å². The maximum absolute atomic E-state index is 12.9. The van der Waals surface area contributed by atoms with Crippen molar-refractivity contribution in [2.45, 2.75) is 63.2 Å². The molecule has 1 heterocycles. The van der Waals surface area contributed by atoms with Crippen LogP contribution in [0.5, 0.6) is 0 Å². The second kappa shape index (κ2) is 4.32. The smallest absolute Gasteiger partial charge is 0.244 e. The molecule has 3 nitrogen and oxygen atoms in total. The summed E-state index contributed by atoms with van der Waals surface area (Å²) in [5.41, 5.74) is 2.26. The molecule has 3 heteroatoms. The predicted molar refractivity (Wildman–Crippen MR) is 78.1 cm³/mol. The summed E-state index contributed by atoms with van der Waals surface area (Å²) in [6.45, 7) is 2.12. The Kier molecular flexibility index (Phi) is 2.68. The van der Waals surface area contributed by atoms with Crippen LogP contribution in [0.15, 0.2) is 24.3 Å². The number of hydrogen-bond acceptors (Lipinski definition) is 2. The summed E-state index contributed by atoms with van der Waals surface area (Å²) in [5.74, 6) is 0.365. The van der Waals surface area contributed by atoms with Gasteiger partial charge in [0, 0.05) is 6.04 Å². The second-order valence-corrected chi connectivity index (χ2v) is 6.69. The number of nitrogens with one attached hydrogen (secondary N) is 1. The van der Waals surface area contributed by atoms with E-state index in [4.69, 9.17) is 0 Å². The summed E-state index contributed by atoms with van der Waals surface area (Å²) in [6, 6.07) is 9.06. The number of rotatable bonds is 2. The molecule has 0 radical (unpaired) electrons. The van der Waals surface area contributed by atoms with Gasteiger partial charge in [0.2, 0.25) is 5.91 Å². The molecule has 106 valence electrons. The first kappa shape index (κ1) is 12.4. The zero-order valence-electron chi connectivity index (χ0n) is 12.1. The number of hydrogen-bond donors (Lipinski definition) is 1. The number of carbonyl (C=O) groups excluding carboxylic acids is 1. The van der Waals surface area contributed by atoms with Crippen LogP contribution in [0.2, 0.25) is 0 Å². The molecule has 3 aliphatic rings. The fourth-order valence-electron chi connectivity index (χ4n) is 3.91. The zero-order valence-corrected chi connectivity index (χ0v) is 12.1. The van der Waals surface area contributed by atoms with Gasteiger partial charge in [-0.05, 0) is 38.2 Å². The molecule has 3 fully saturated rings. The minimum Gasteiger partial charge on any atom is -0.318 e. The standard InChI is InChI=1S/C17H22N2O/c1-12-5-4-6-13(11-12)15-18-17(9-2-3-10-17)16(20)19(15)14-7-8-14/h4-6,11,14-15,18H,2-3,7-10H2,1H3. The van der Waals surface area contributed by atoms with E-state index in [-0.39, 0.29) is 11.7 Å². The molecule has 1 saturated heterocycles. The van der Waals surface area contributed by atoms with Gasteiger partial charge in [-0.25, -0.2) is 0 Å². The van der Waals surface area contributed by atoms with Crippen LogP contribution in [0, 0.1) is 6.92 Å². The molecule has 1 amide bonds. The summed E-state index contributed by atoms with van der Waals surface area (Å²) in [4.78, 5) is 15.1. The van der Waals surface area contributed by atoms with Crippen molar-refractivity contribution in [3.8, 4) is 0 Å². The minimum absolute atomic E-state index is 0.0907. The van der Waals surface area contributed by atoms with Gasteiger partial charge in [0.05, 0.1) is 5.54 Å². The Labute approximate surface area is 120 Å². The summed E-state index contributed by atoms with van der Waals surface area (Å²) in [6.07, 6.45) is 6.81. The average molecular weight is 270 g/mol. The van der Waals surface area contributed by atoms with Crippen LogP contribution >= 0.6 is 0 Å².